The van der Waals surface area contributed by atoms with Crippen LogP contribution in [-0.4, -0.2) is 26.4 Å². The third-order valence-electron chi connectivity index (χ3n) is 2.93. The molecule has 0 aliphatic carbocycles. The first-order valence-corrected chi connectivity index (χ1v) is 7.78. The fraction of sp³-hybridized carbons (Fsp3) is 0.0714. The van der Waals surface area contributed by atoms with Gasteiger partial charge in [0.05, 0.1) is 28.2 Å². The molecule has 1 N–H and O–H groups in total. The van der Waals surface area contributed by atoms with Crippen molar-refractivity contribution in [1.82, 2.24) is 0 Å². The maximum Gasteiger partial charge on any atom is 0.339 e. The zero-order valence-corrected chi connectivity index (χ0v) is 12.7. The van der Waals surface area contributed by atoms with Crippen LogP contribution in [0.3, 0.4) is 0 Å². The van der Waals surface area contributed by atoms with E-state index >= 15 is 0 Å². The molecule has 9 heteroatoms. The van der Waals surface area contributed by atoms with Gasteiger partial charge in [-0.1, -0.05) is 12.1 Å². The largest absolute Gasteiger partial charge is 0.465 e. The van der Waals surface area contributed by atoms with Crippen LogP contribution < -0.4 is 4.72 Å². The van der Waals surface area contributed by atoms with Crippen molar-refractivity contribution in [2.24, 2.45) is 0 Å². The van der Waals surface area contributed by atoms with Crippen LogP contribution in [-0.2, 0) is 14.8 Å². The Morgan fingerprint density at radius 3 is 2.30 bits per heavy atom. The van der Waals surface area contributed by atoms with E-state index in [0.717, 1.165) is 24.3 Å². The first kappa shape index (κ1) is 16.4. The molecule has 0 spiro atoms. The number of benzene rings is 2. The average molecular weight is 336 g/mol. The second kappa shape index (κ2) is 6.44. The Balaban J connectivity index is 2.35. The molecule has 0 aromatic heterocycles. The number of ether oxygens (including phenoxy) is 1. The molecule has 8 nitrogen and oxygen atoms in total. The van der Waals surface area contributed by atoms with Gasteiger partial charge in [0.2, 0.25) is 0 Å². The van der Waals surface area contributed by atoms with Crippen molar-refractivity contribution in [3.63, 3.8) is 0 Å². The van der Waals surface area contributed by atoms with Crippen LogP contribution in [0.25, 0.3) is 0 Å². The molecule has 120 valence electrons. The second-order valence-corrected chi connectivity index (χ2v) is 6.08. The summed E-state index contributed by atoms with van der Waals surface area (Å²) in [6.07, 6.45) is 0. The number of hydrogen-bond donors (Lipinski definition) is 1. The van der Waals surface area contributed by atoms with Crippen molar-refractivity contribution in [3.05, 3.63) is 64.2 Å². The van der Waals surface area contributed by atoms with E-state index in [-0.39, 0.29) is 21.8 Å². The molecule has 23 heavy (non-hydrogen) atoms. The molecule has 0 unspecified atom stereocenters. The monoisotopic (exact) mass is 336 g/mol. The number of para-hydroxylation sites is 1. The molecular formula is C14H12N2O6S. The Morgan fingerprint density at radius 2 is 1.74 bits per heavy atom. The Bertz CT molecular complexity index is 846. The maximum atomic E-state index is 12.3. The normalized spacial score (nSPS) is 10.8. The van der Waals surface area contributed by atoms with Gasteiger partial charge in [0.1, 0.15) is 0 Å². The number of nitrogens with zero attached hydrogens (tertiary/aromatic N) is 1. The quantitative estimate of drug-likeness (QED) is 0.508. The highest BCUT2D eigenvalue weighted by molar-refractivity contribution is 7.92. The highest BCUT2D eigenvalue weighted by atomic mass is 32.2. The summed E-state index contributed by atoms with van der Waals surface area (Å²) < 4.78 is 31.5. The standard InChI is InChI=1S/C14H12N2O6S/c1-22-14(17)12-4-2-3-5-13(12)15-23(20,21)11-8-6-10(7-9-11)16(18)19/h2-9,15H,1H3. The van der Waals surface area contributed by atoms with Crippen molar-refractivity contribution in [3.8, 4) is 0 Å². The Hall–Kier alpha value is -2.94. The third-order valence-corrected chi connectivity index (χ3v) is 4.32. The van der Waals surface area contributed by atoms with Gasteiger partial charge >= 0.3 is 5.97 Å². The topological polar surface area (TPSA) is 116 Å². The van der Waals surface area contributed by atoms with Crippen LogP contribution >= 0.6 is 0 Å². The Labute approximate surface area is 131 Å². The van der Waals surface area contributed by atoms with E-state index < -0.39 is 20.9 Å². The molecule has 0 saturated heterocycles. The summed E-state index contributed by atoms with van der Waals surface area (Å²) in [5, 5.41) is 10.6. The Morgan fingerprint density at radius 1 is 1.13 bits per heavy atom. The Kier molecular flexibility index (Phi) is 4.60. The van der Waals surface area contributed by atoms with Gasteiger partial charge in [-0.25, -0.2) is 13.2 Å². The van der Waals surface area contributed by atoms with Crippen molar-refractivity contribution >= 4 is 27.4 Å². The van der Waals surface area contributed by atoms with Gasteiger partial charge in [-0.2, -0.15) is 0 Å². The highest BCUT2D eigenvalue weighted by Gasteiger charge is 2.19. The van der Waals surface area contributed by atoms with E-state index in [1.54, 1.807) is 12.1 Å². The molecule has 0 heterocycles. The molecule has 0 bridgehead atoms. The summed E-state index contributed by atoms with van der Waals surface area (Å²) in [5.41, 5.74) is -0.114. The van der Waals surface area contributed by atoms with Gasteiger partial charge in [-0.3, -0.25) is 14.8 Å². The molecule has 0 saturated carbocycles. The number of methoxy groups -OCH3 is 1. The fourth-order valence-corrected chi connectivity index (χ4v) is 2.89. The summed E-state index contributed by atoms with van der Waals surface area (Å²) in [6, 6.07) is 10.3. The van der Waals surface area contributed by atoms with E-state index in [1.807, 2.05) is 0 Å². The number of carbonyl (C=O) groups excluding carboxylic acids is 1. The third kappa shape index (κ3) is 3.64. The lowest BCUT2D eigenvalue weighted by atomic mass is 10.2. The van der Waals surface area contributed by atoms with E-state index in [2.05, 4.69) is 9.46 Å². The van der Waals surface area contributed by atoms with E-state index in [0.29, 0.717) is 0 Å². The van der Waals surface area contributed by atoms with Crippen LogP contribution in [0.15, 0.2) is 53.4 Å². The number of esters is 1. The van der Waals surface area contributed by atoms with Gasteiger partial charge in [0, 0.05) is 12.1 Å². The molecule has 0 aliphatic heterocycles. The molecule has 0 fully saturated rings. The first-order valence-electron chi connectivity index (χ1n) is 6.30. The summed E-state index contributed by atoms with van der Waals surface area (Å²) in [4.78, 5) is 21.4. The number of nitro groups is 1. The summed E-state index contributed by atoms with van der Waals surface area (Å²) in [7, 11) is -2.82. The molecule has 0 amide bonds. The first-order chi connectivity index (χ1) is 10.8. The summed E-state index contributed by atoms with van der Waals surface area (Å²) >= 11 is 0. The smallest absolute Gasteiger partial charge is 0.339 e. The molecule has 0 radical (unpaired) electrons. The number of nitro benzene ring substituents is 1. The zero-order chi connectivity index (χ0) is 17.0. The van der Waals surface area contributed by atoms with E-state index in [4.69, 9.17) is 0 Å². The zero-order valence-electron chi connectivity index (χ0n) is 11.9. The summed E-state index contributed by atoms with van der Waals surface area (Å²) in [6.45, 7) is 0. The van der Waals surface area contributed by atoms with Crippen molar-refractivity contribution in [2.75, 3.05) is 11.8 Å². The van der Waals surface area contributed by atoms with Crippen molar-refractivity contribution in [1.29, 1.82) is 0 Å². The van der Waals surface area contributed by atoms with Gasteiger partial charge < -0.3 is 4.74 Å². The van der Waals surface area contributed by atoms with Crippen LogP contribution in [0.5, 0.6) is 0 Å². The number of sulfonamides is 1. The lowest BCUT2D eigenvalue weighted by Gasteiger charge is -2.11. The minimum atomic E-state index is -4.00. The highest BCUT2D eigenvalue weighted by Crippen LogP contribution is 2.22. The van der Waals surface area contributed by atoms with Crippen LogP contribution in [0, 0.1) is 10.1 Å². The molecule has 0 atom stereocenters. The van der Waals surface area contributed by atoms with E-state index in [9.17, 15) is 23.3 Å². The molecule has 2 aromatic rings. The van der Waals surface area contributed by atoms with Crippen molar-refractivity contribution in [2.45, 2.75) is 4.90 Å². The van der Waals surface area contributed by atoms with E-state index in [1.165, 1.54) is 19.2 Å². The fourth-order valence-electron chi connectivity index (χ4n) is 1.81. The molecular weight excluding hydrogens is 324 g/mol. The van der Waals surface area contributed by atoms with Gasteiger partial charge in [-0.05, 0) is 24.3 Å². The number of carbonyl (C=O) groups is 1. The van der Waals surface area contributed by atoms with Gasteiger partial charge in [0.25, 0.3) is 15.7 Å². The van der Waals surface area contributed by atoms with Gasteiger partial charge in [0.15, 0.2) is 0 Å². The number of rotatable bonds is 5. The lowest BCUT2D eigenvalue weighted by Crippen LogP contribution is -2.16. The summed E-state index contributed by atoms with van der Waals surface area (Å²) in [5.74, 6) is -0.688. The van der Waals surface area contributed by atoms with Crippen LogP contribution in [0.1, 0.15) is 10.4 Å². The second-order valence-electron chi connectivity index (χ2n) is 4.39. The average Bonchev–Trinajstić information content (AvgIpc) is 2.54. The number of non-ortho nitro benzene ring substituents is 1. The predicted octanol–water partition coefficient (Wildman–Crippen LogP) is 2.18. The SMILES string of the molecule is COC(=O)c1ccccc1NS(=O)(=O)c1ccc([N+](=O)[O-])cc1. The molecule has 0 aliphatic rings. The number of anilines is 1. The molecule has 2 rings (SSSR count). The minimum absolute atomic E-state index is 0.0534. The van der Waals surface area contributed by atoms with Crippen LogP contribution in [0.4, 0.5) is 11.4 Å². The van der Waals surface area contributed by atoms with Crippen molar-refractivity contribution < 1.29 is 22.9 Å². The number of nitrogens with one attached hydrogen (secondary N) is 1. The molecule has 2 aromatic carbocycles. The lowest BCUT2D eigenvalue weighted by molar-refractivity contribution is -0.384. The van der Waals surface area contributed by atoms with Gasteiger partial charge in [-0.15, -0.1) is 0 Å². The van der Waals surface area contributed by atoms with Crippen LogP contribution in [0.2, 0.25) is 0 Å². The predicted molar refractivity (Wildman–Crippen MR) is 81.7 cm³/mol. The minimum Gasteiger partial charge on any atom is -0.465 e. The number of hydrogen-bond acceptors (Lipinski definition) is 6. The maximum absolute atomic E-state index is 12.3.